The smallest absolute Gasteiger partial charge is 0.212 e. The van der Waals surface area contributed by atoms with Crippen molar-refractivity contribution in [1.82, 2.24) is 0 Å². The third-order valence-electron chi connectivity index (χ3n) is 1.35. The molecule has 12 heavy (non-hydrogen) atoms. The van der Waals surface area contributed by atoms with Gasteiger partial charge in [-0.1, -0.05) is 22.0 Å². The summed E-state index contributed by atoms with van der Waals surface area (Å²) in [6, 6.07) is 4.91. The van der Waals surface area contributed by atoms with E-state index in [4.69, 9.17) is 5.26 Å². The van der Waals surface area contributed by atoms with Crippen LogP contribution in [0.3, 0.4) is 0 Å². The van der Waals surface area contributed by atoms with Crippen LogP contribution in [0.5, 0.6) is 0 Å². The number of benzene rings is 1. The second kappa shape index (κ2) is 3.63. The molecule has 1 atom stereocenters. The average molecular weight is 232 g/mol. The normalized spacial score (nSPS) is 12.2. The Bertz CT molecular complexity index is 332. The maximum absolute atomic E-state index is 12.7. The van der Waals surface area contributed by atoms with E-state index in [2.05, 4.69) is 15.9 Å². The van der Waals surface area contributed by atoms with Crippen LogP contribution >= 0.6 is 15.9 Å². The Labute approximate surface area is 76.8 Å². The van der Waals surface area contributed by atoms with Gasteiger partial charge in [0.15, 0.2) is 0 Å². The Morgan fingerprint density at radius 3 is 2.67 bits per heavy atom. The van der Waals surface area contributed by atoms with Gasteiger partial charge in [-0.25, -0.2) is 8.78 Å². The first kappa shape index (κ1) is 9.14. The maximum atomic E-state index is 12.7. The molecule has 0 saturated heterocycles. The molecule has 1 aromatic carbocycles. The molecule has 1 nitrogen and oxygen atoms in total. The van der Waals surface area contributed by atoms with Gasteiger partial charge in [-0.2, -0.15) is 5.26 Å². The molecule has 0 aliphatic carbocycles. The maximum Gasteiger partial charge on any atom is 0.212 e. The molecule has 62 valence electrons. The van der Waals surface area contributed by atoms with E-state index in [1.807, 2.05) is 0 Å². The zero-order chi connectivity index (χ0) is 9.14. The minimum Gasteiger partial charge on any atom is -0.226 e. The average Bonchev–Trinajstić information content (AvgIpc) is 2.03. The van der Waals surface area contributed by atoms with Crippen molar-refractivity contribution < 1.29 is 8.78 Å². The first-order chi connectivity index (χ1) is 5.65. The van der Waals surface area contributed by atoms with E-state index < -0.39 is 12.0 Å². The quantitative estimate of drug-likeness (QED) is 0.729. The fourth-order valence-electron chi connectivity index (χ4n) is 0.777. The summed E-state index contributed by atoms with van der Waals surface area (Å²) in [5, 5.41) is 8.24. The van der Waals surface area contributed by atoms with Gasteiger partial charge in [-0.05, 0) is 12.1 Å². The minimum atomic E-state index is -1.71. The lowest BCUT2D eigenvalue weighted by molar-refractivity contribution is 0.422. The Balaban J connectivity index is 3.11. The first-order valence-corrected chi connectivity index (χ1v) is 3.93. The fraction of sp³-hybridized carbons (Fsp3) is 0.125. The molecule has 0 amide bonds. The molecule has 0 radical (unpaired) electrons. The molecule has 0 heterocycles. The van der Waals surface area contributed by atoms with Crippen LogP contribution in [-0.4, -0.2) is 0 Å². The van der Waals surface area contributed by atoms with Crippen molar-refractivity contribution in [2.45, 2.75) is 6.17 Å². The molecule has 0 bridgehead atoms. The van der Waals surface area contributed by atoms with Crippen LogP contribution in [0.15, 0.2) is 22.7 Å². The number of hydrogen-bond acceptors (Lipinski definition) is 1. The lowest BCUT2D eigenvalue weighted by Crippen LogP contribution is -1.89. The molecular weight excluding hydrogens is 228 g/mol. The Morgan fingerprint density at radius 1 is 1.50 bits per heavy atom. The predicted octanol–water partition coefficient (Wildman–Crippen LogP) is 3.12. The molecule has 0 spiro atoms. The topological polar surface area (TPSA) is 23.8 Å². The lowest BCUT2D eigenvalue weighted by atomic mass is 10.1. The van der Waals surface area contributed by atoms with Gasteiger partial charge in [-0.15, -0.1) is 0 Å². The van der Waals surface area contributed by atoms with Crippen LogP contribution < -0.4 is 0 Å². The van der Waals surface area contributed by atoms with Crippen LogP contribution in [0.4, 0.5) is 8.78 Å². The highest BCUT2D eigenvalue weighted by Gasteiger charge is 2.11. The van der Waals surface area contributed by atoms with Crippen molar-refractivity contribution >= 4 is 15.9 Å². The molecule has 0 aromatic heterocycles. The lowest BCUT2D eigenvalue weighted by Gasteiger charge is -2.02. The van der Waals surface area contributed by atoms with E-state index in [0.29, 0.717) is 0 Å². The van der Waals surface area contributed by atoms with Crippen LogP contribution in [-0.2, 0) is 0 Å². The Kier molecular flexibility index (Phi) is 2.77. The molecule has 0 aliphatic rings. The summed E-state index contributed by atoms with van der Waals surface area (Å²) < 4.78 is 25.5. The summed E-state index contributed by atoms with van der Waals surface area (Å²) in [5.74, 6) is -0.462. The number of rotatable bonds is 1. The third-order valence-corrected chi connectivity index (χ3v) is 2.04. The van der Waals surface area contributed by atoms with Crippen LogP contribution in [0.2, 0.25) is 0 Å². The minimum absolute atomic E-state index is 0.152. The number of nitrogens with zero attached hydrogens (tertiary/aromatic N) is 1. The van der Waals surface area contributed by atoms with Gasteiger partial charge in [0.05, 0.1) is 0 Å². The SMILES string of the molecule is N#CC(F)c1ccc(F)cc1Br. The standard InChI is InChI=1S/C8H4BrF2N/c9-7-3-5(10)1-2-6(7)8(11)4-12/h1-3,8H. The monoisotopic (exact) mass is 231 g/mol. The number of hydrogen-bond donors (Lipinski definition) is 0. The zero-order valence-corrected chi connectivity index (χ0v) is 7.48. The predicted molar refractivity (Wildman–Crippen MR) is 43.6 cm³/mol. The molecule has 0 aliphatic heterocycles. The van der Waals surface area contributed by atoms with Crippen LogP contribution in [0.25, 0.3) is 0 Å². The number of alkyl halides is 1. The van der Waals surface area contributed by atoms with Crippen molar-refractivity contribution in [3.05, 3.63) is 34.1 Å². The molecule has 1 rings (SSSR count). The summed E-state index contributed by atoms with van der Waals surface area (Å²) >= 11 is 2.96. The highest BCUT2D eigenvalue weighted by Crippen LogP contribution is 2.26. The highest BCUT2D eigenvalue weighted by molar-refractivity contribution is 9.10. The van der Waals surface area contributed by atoms with Gasteiger partial charge in [0.2, 0.25) is 6.17 Å². The first-order valence-electron chi connectivity index (χ1n) is 3.14. The Hall–Kier alpha value is -0.950. The van der Waals surface area contributed by atoms with Crippen molar-refractivity contribution in [3.8, 4) is 6.07 Å². The highest BCUT2D eigenvalue weighted by atomic mass is 79.9. The fourth-order valence-corrected chi connectivity index (χ4v) is 1.33. The van der Waals surface area contributed by atoms with Crippen molar-refractivity contribution in [1.29, 1.82) is 5.26 Å². The van der Waals surface area contributed by atoms with Gasteiger partial charge < -0.3 is 0 Å². The zero-order valence-electron chi connectivity index (χ0n) is 5.89. The van der Waals surface area contributed by atoms with Crippen LogP contribution in [0, 0.1) is 17.1 Å². The van der Waals surface area contributed by atoms with Gasteiger partial charge in [0.25, 0.3) is 0 Å². The van der Waals surface area contributed by atoms with E-state index in [1.54, 1.807) is 0 Å². The van der Waals surface area contributed by atoms with E-state index in [-0.39, 0.29) is 10.0 Å². The second-order valence-corrected chi connectivity index (χ2v) is 3.01. The number of halogens is 3. The van der Waals surface area contributed by atoms with Crippen LogP contribution in [0.1, 0.15) is 11.7 Å². The van der Waals surface area contributed by atoms with Crippen molar-refractivity contribution in [2.24, 2.45) is 0 Å². The second-order valence-electron chi connectivity index (χ2n) is 2.16. The summed E-state index contributed by atoms with van der Waals surface area (Å²) in [5.41, 5.74) is 0.152. The summed E-state index contributed by atoms with van der Waals surface area (Å²) in [6.45, 7) is 0. The number of nitriles is 1. The van der Waals surface area contributed by atoms with Gasteiger partial charge >= 0.3 is 0 Å². The van der Waals surface area contributed by atoms with Gasteiger partial charge in [0, 0.05) is 10.0 Å². The molecule has 0 saturated carbocycles. The molecular formula is C8H4BrF2N. The summed E-state index contributed by atoms with van der Waals surface area (Å²) in [7, 11) is 0. The molecule has 0 fully saturated rings. The molecule has 1 aromatic rings. The van der Waals surface area contributed by atoms with E-state index >= 15 is 0 Å². The molecule has 1 unspecified atom stereocenters. The summed E-state index contributed by atoms with van der Waals surface area (Å²) in [4.78, 5) is 0. The molecule has 0 N–H and O–H groups in total. The van der Waals surface area contributed by atoms with E-state index in [0.717, 1.165) is 12.1 Å². The van der Waals surface area contributed by atoms with Gasteiger partial charge in [-0.3, -0.25) is 0 Å². The van der Waals surface area contributed by atoms with Crippen molar-refractivity contribution in [3.63, 3.8) is 0 Å². The Morgan fingerprint density at radius 2 is 2.17 bits per heavy atom. The van der Waals surface area contributed by atoms with Crippen molar-refractivity contribution in [2.75, 3.05) is 0 Å². The third kappa shape index (κ3) is 1.80. The molecule has 4 heteroatoms. The van der Waals surface area contributed by atoms with Gasteiger partial charge in [0.1, 0.15) is 11.9 Å². The van der Waals surface area contributed by atoms with E-state index in [9.17, 15) is 8.78 Å². The van der Waals surface area contributed by atoms with E-state index in [1.165, 1.54) is 12.1 Å². The largest absolute Gasteiger partial charge is 0.226 e. The summed E-state index contributed by atoms with van der Waals surface area (Å²) in [6.07, 6.45) is -1.71.